The lowest BCUT2D eigenvalue weighted by atomic mass is 10.3. The Balaban J connectivity index is 2.93. The van der Waals surface area contributed by atoms with Crippen molar-refractivity contribution in [3.05, 3.63) is 24.3 Å². The van der Waals surface area contributed by atoms with Crippen LogP contribution in [-0.2, 0) is 10.0 Å². The SMILES string of the molecule is C#CCCN(C)S(=O)(=O)c1ccc(OC)cc1. The maximum absolute atomic E-state index is 12.1. The van der Waals surface area contributed by atoms with Crippen molar-refractivity contribution in [3.63, 3.8) is 0 Å². The summed E-state index contributed by atoms with van der Waals surface area (Å²) in [6, 6.07) is 6.25. The van der Waals surface area contributed by atoms with E-state index >= 15 is 0 Å². The third-order valence-corrected chi connectivity index (χ3v) is 4.21. The summed E-state index contributed by atoms with van der Waals surface area (Å²) in [7, 11) is -0.413. The second-order valence-electron chi connectivity index (χ2n) is 3.46. The molecule has 0 fully saturated rings. The molecule has 0 aliphatic rings. The number of nitrogens with zero attached hydrogens (tertiary/aromatic N) is 1. The van der Waals surface area contributed by atoms with Gasteiger partial charge >= 0.3 is 0 Å². The maximum Gasteiger partial charge on any atom is 0.242 e. The second-order valence-corrected chi connectivity index (χ2v) is 5.50. The standard InChI is InChI=1S/C12H15NO3S/c1-4-5-10-13(2)17(14,15)12-8-6-11(16-3)7-9-12/h1,6-9H,5,10H2,2-3H3. The Hall–Kier alpha value is -1.51. The Morgan fingerprint density at radius 1 is 1.35 bits per heavy atom. The molecule has 0 spiro atoms. The summed E-state index contributed by atoms with van der Waals surface area (Å²) in [5.41, 5.74) is 0. The topological polar surface area (TPSA) is 46.6 Å². The van der Waals surface area contributed by atoms with Gasteiger partial charge in [0.05, 0.1) is 12.0 Å². The van der Waals surface area contributed by atoms with Gasteiger partial charge in [-0.3, -0.25) is 0 Å². The molecule has 17 heavy (non-hydrogen) atoms. The van der Waals surface area contributed by atoms with Crippen molar-refractivity contribution >= 4 is 10.0 Å². The van der Waals surface area contributed by atoms with Gasteiger partial charge in [0.15, 0.2) is 0 Å². The number of sulfonamides is 1. The van der Waals surface area contributed by atoms with E-state index < -0.39 is 10.0 Å². The number of hydrogen-bond donors (Lipinski definition) is 0. The fourth-order valence-corrected chi connectivity index (χ4v) is 2.44. The van der Waals surface area contributed by atoms with E-state index in [1.807, 2.05) is 0 Å². The highest BCUT2D eigenvalue weighted by Crippen LogP contribution is 2.18. The minimum atomic E-state index is -3.45. The molecule has 4 nitrogen and oxygen atoms in total. The number of methoxy groups -OCH3 is 1. The lowest BCUT2D eigenvalue weighted by Crippen LogP contribution is -2.27. The molecule has 0 unspecified atom stereocenters. The van der Waals surface area contributed by atoms with Gasteiger partial charge in [-0.25, -0.2) is 8.42 Å². The number of ether oxygens (including phenoxy) is 1. The van der Waals surface area contributed by atoms with E-state index in [2.05, 4.69) is 5.92 Å². The van der Waals surface area contributed by atoms with E-state index in [0.717, 1.165) is 0 Å². The van der Waals surface area contributed by atoms with Gasteiger partial charge in [-0.05, 0) is 24.3 Å². The summed E-state index contributed by atoms with van der Waals surface area (Å²) in [5.74, 6) is 3.03. The highest BCUT2D eigenvalue weighted by molar-refractivity contribution is 7.89. The van der Waals surface area contributed by atoms with Crippen LogP contribution in [0, 0.1) is 12.3 Å². The number of hydrogen-bond acceptors (Lipinski definition) is 3. The normalized spacial score (nSPS) is 11.2. The summed E-state index contributed by atoms with van der Waals surface area (Å²) in [5, 5.41) is 0. The number of rotatable bonds is 5. The molecular weight excluding hydrogens is 238 g/mol. The van der Waals surface area contributed by atoms with Crippen molar-refractivity contribution in [2.75, 3.05) is 20.7 Å². The quantitative estimate of drug-likeness (QED) is 0.744. The Morgan fingerprint density at radius 2 is 1.94 bits per heavy atom. The predicted molar refractivity (Wildman–Crippen MR) is 66.3 cm³/mol. The van der Waals surface area contributed by atoms with Crippen LogP contribution in [0.4, 0.5) is 0 Å². The van der Waals surface area contributed by atoms with E-state index in [4.69, 9.17) is 11.2 Å². The van der Waals surface area contributed by atoms with Crippen LogP contribution in [0.25, 0.3) is 0 Å². The molecule has 1 rings (SSSR count). The molecule has 0 bridgehead atoms. The molecule has 0 aliphatic carbocycles. The molecule has 0 atom stereocenters. The molecule has 0 saturated carbocycles. The molecule has 92 valence electrons. The largest absolute Gasteiger partial charge is 0.497 e. The molecule has 0 aromatic heterocycles. The van der Waals surface area contributed by atoms with Crippen LogP contribution in [0.3, 0.4) is 0 Å². The van der Waals surface area contributed by atoms with E-state index in [1.54, 1.807) is 12.1 Å². The van der Waals surface area contributed by atoms with Gasteiger partial charge < -0.3 is 4.74 Å². The van der Waals surface area contributed by atoms with Gasteiger partial charge in [0.2, 0.25) is 10.0 Å². The summed E-state index contributed by atoms with van der Waals surface area (Å²) in [6.45, 7) is 0.310. The van der Waals surface area contributed by atoms with E-state index in [-0.39, 0.29) is 4.90 Å². The van der Waals surface area contributed by atoms with Gasteiger partial charge in [-0.15, -0.1) is 12.3 Å². The lowest BCUT2D eigenvalue weighted by Gasteiger charge is -2.15. The lowest BCUT2D eigenvalue weighted by molar-refractivity contribution is 0.414. The molecule has 0 aliphatic heterocycles. The molecule has 1 aromatic carbocycles. The molecule has 0 radical (unpaired) electrons. The smallest absolute Gasteiger partial charge is 0.242 e. The zero-order chi connectivity index (χ0) is 12.9. The van der Waals surface area contributed by atoms with Crippen molar-refractivity contribution in [1.29, 1.82) is 0 Å². The van der Waals surface area contributed by atoms with Crippen molar-refractivity contribution in [3.8, 4) is 18.1 Å². The first-order valence-corrected chi connectivity index (χ1v) is 6.50. The van der Waals surface area contributed by atoms with Crippen LogP contribution in [0.5, 0.6) is 5.75 Å². The molecule has 0 amide bonds. The molecule has 5 heteroatoms. The Morgan fingerprint density at radius 3 is 2.41 bits per heavy atom. The first kappa shape index (κ1) is 13.6. The van der Waals surface area contributed by atoms with Crippen LogP contribution in [0.15, 0.2) is 29.2 Å². The summed E-state index contributed by atoms with van der Waals surface area (Å²) < 4.78 is 30.3. The van der Waals surface area contributed by atoms with Crippen LogP contribution in [0.1, 0.15) is 6.42 Å². The average molecular weight is 253 g/mol. The van der Waals surface area contributed by atoms with Crippen molar-refractivity contribution in [2.45, 2.75) is 11.3 Å². The maximum atomic E-state index is 12.1. The van der Waals surface area contributed by atoms with Crippen LogP contribution in [-0.4, -0.2) is 33.4 Å². The minimum Gasteiger partial charge on any atom is -0.497 e. The van der Waals surface area contributed by atoms with Crippen LogP contribution in [0.2, 0.25) is 0 Å². The van der Waals surface area contributed by atoms with Crippen molar-refractivity contribution < 1.29 is 13.2 Å². The van der Waals surface area contributed by atoms with E-state index in [9.17, 15) is 8.42 Å². The van der Waals surface area contributed by atoms with Gasteiger partial charge in [0.25, 0.3) is 0 Å². The highest BCUT2D eigenvalue weighted by Gasteiger charge is 2.19. The number of terminal acetylenes is 1. The van der Waals surface area contributed by atoms with Gasteiger partial charge in [-0.1, -0.05) is 0 Å². The van der Waals surface area contributed by atoms with Crippen LogP contribution >= 0.6 is 0 Å². The fraction of sp³-hybridized carbons (Fsp3) is 0.333. The summed E-state index contributed by atoms with van der Waals surface area (Å²) in [6.07, 6.45) is 5.50. The minimum absolute atomic E-state index is 0.234. The first-order chi connectivity index (χ1) is 8.02. The number of benzene rings is 1. The summed E-state index contributed by atoms with van der Waals surface area (Å²) in [4.78, 5) is 0.234. The molecule has 0 N–H and O–H groups in total. The molecule has 0 heterocycles. The van der Waals surface area contributed by atoms with Gasteiger partial charge in [0, 0.05) is 20.0 Å². The third kappa shape index (κ3) is 3.22. The second kappa shape index (κ2) is 5.71. The predicted octanol–water partition coefficient (Wildman–Crippen LogP) is 1.34. The van der Waals surface area contributed by atoms with Gasteiger partial charge in [-0.2, -0.15) is 4.31 Å². The van der Waals surface area contributed by atoms with Gasteiger partial charge in [0.1, 0.15) is 5.75 Å². The van der Waals surface area contributed by atoms with Crippen molar-refractivity contribution in [1.82, 2.24) is 4.31 Å². The Kier molecular flexibility index (Phi) is 4.55. The Labute approximate surface area is 102 Å². The molecule has 0 saturated heterocycles. The average Bonchev–Trinajstić information content (AvgIpc) is 2.35. The zero-order valence-electron chi connectivity index (χ0n) is 9.88. The molecular formula is C12H15NO3S. The Bertz CT molecular complexity index is 500. The fourth-order valence-electron chi connectivity index (χ4n) is 1.27. The third-order valence-electron chi connectivity index (χ3n) is 2.34. The van der Waals surface area contributed by atoms with E-state index in [0.29, 0.717) is 18.7 Å². The monoisotopic (exact) mass is 253 g/mol. The van der Waals surface area contributed by atoms with Crippen molar-refractivity contribution in [2.24, 2.45) is 0 Å². The first-order valence-electron chi connectivity index (χ1n) is 5.06. The molecule has 1 aromatic rings. The highest BCUT2D eigenvalue weighted by atomic mass is 32.2. The zero-order valence-corrected chi connectivity index (χ0v) is 10.7. The van der Waals surface area contributed by atoms with E-state index in [1.165, 1.54) is 30.6 Å². The summed E-state index contributed by atoms with van der Waals surface area (Å²) >= 11 is 0. The van der Waals surface area contributed by atoms with Crippen LogP contribution < -0.4 is 4.74 Å².